The number of pyridine rings is 1. The molecule has 47 heavy (non-hydrogen) atoms. The standard InChI is InChI=1S/C40H35BN4O2/c1-39(2,46)40(3,4)47-41-34-20-17-28(18-21-34)35-22-19-33(25-42-35)38-44-36(31-15-13-26-9-5-7-11-29(26)23-31)43-37(45-38)32-16-14-27-10-6-8-12-30(27)24-32/h5-25,41,46H,1-4H3. The zero-order chi connectivity index (χ0) is 32.6. The quantitative estimate of drug-likeness (QED) is 0.176. The van der Waals surface area contributed by atoms with E-state index < -0.39 is 11.2 Å². The van der Waals surface area contributed by atoms with Gasteiger partial charge in [0.25, 0.3) is 0 Å². The molecule has 7 aromatic rings. The van der Waals surface area contributed by atoms with Gasteiger partial charge >= 0.3 is 7.48 Å². The molecule has 7 heteroatoms. The highest BCUT2D eigenvalue weighted by Crippen LogP contribution is 2.29. The largest absolute Gasteiger partial charge is 0.427 e. The lowest BCUT2D eigenvalue weighted by molar-refractivity contribution is -0.0893. The first kappa shape index (κ1) is 30.4. The number of aromatic nitrogens is 4. The molecule has 0 saturated carbocycles. The van der Waals surface area contributed by atoms with E-state index in [1.54, 1.807) is 13.8 Å². The Morgan fingerprint density at radius 1 is 0.532 bits per heavy atom. The third-order valence-corrected chi connectivity index (χ3v) is 9.00. The van der Waals surface area contributed by atoms with Crippen molar-refractivity contribution in [3.63, 3.8) is 0 Å². The summed E-state index contributed by atoms with van der Waals surface area (Å²) in [5.74, 6) is 1.78. The average molecular weight is 615 g/mol. The highest BCUT2D eigenvalue weighted by atomic mass is 16.5. The summed E-state index contributed by atoms with van der Waals surface area (Å²) in [5.41, 5.74) is 3.88. The normalized spacial score (nSPS) is 12.0. The molecule has 0 aliphatic heterocycles. The molecule has 0 unspecified atom stereocenters. The van der Waals surface area contributed by atoms with E-state index in [1.807, 2.05) is 80.7 Å². The summed E-state index contributed by atoms with van der Waals surface area (Å²) in [4.78, 5) is 19.6. The van der Waals surface area contributed by atoms with Gasteiger partial charge < -0.3 is 9.76 Å². The number of benzene rings is 5. The van der Waals surface area contributed by atoms with Gasteiger partial charge in [-0.15, -0.1) is 0 Å². The van der Waals surface area contributed by atoms with Gasteiger partial charge in [-0.05, 0) is 73.5 Å². The van der Waals surface area contributed by atoms with Crippen LogP contribution in [0.25, 0.3) is 67.0 Å². The number of hydrogen-bond donors (Lipinski definition) is 1. The van der Waals surface area contributed by atoms with Gasteiger partial charge in [0.15, 0.2) is 17.5 Å². The van der Waals surface area contributed by atoms with Crippen molar-refractivity contribution in [3.8, 4) is 45.4 Å². The number of aliphatic hydroxyl groups is 1. The molecular weight excluding hydrogens is 579 g/mol. The lowest BCUT2D eigenvalue weighted by Gasteiger charge is -2.37. The molecule has 0 amide bonds. The van der Waals surface area contributed by atoms with E-state index >= 15 is 0 Å². The Balaban J connectivity index is 1.21. The molecule has 0 fully saturated rings. The number of hydrogen-bond acceptors (Lipinski definition) is 6. The summed E-state index contributed by atoms with van der Waals surface area (Å²) in [5, 5.41) is 15.0. The third kappa shape index (κ3) is 6.41. The molecule has 7 rings (SSSR count). The van der Waals surface area contributed by atoms with Gasteiger partial charge in [-0.2, -0.15) is 0 Å². The fraction of sp³-hybridized carbons (Fsp3) is 0.150. The highest BCUT2D eigenvalue weighted by Gasteiger charge is 2.35. The molecule has 0 atom stereocenters. The van der Waals surface area contributed by atoms with Gasteiger partial charge in [-0.25, -0.2) is 15.0 Å². The van der Waals surface area contributed by atoms with Crippen LogP contribution in [0.5, 0.6) is 0 Å². The maximum Gasteiger partial charge on any atom is 0.309 e. The van der Waals surface area contributed by atoms with Crippen molar-refractivity contribution in [2.45, 2.75) is 38.9 Å². The smallest absolute Gasteiger partial charge is 0.309 e. The number of fused-ring (bicyclic) bond motifs is 2. The van der Waals surface area contributed by atoms with Crippen LogP contribution in [0, 0.1) is 0 Å². The van der Waals surface area contributed by atoms with Crippen molar-refractivity contribution in [1.82, 2.24) is 19.9 Å². The summed E-state index contributed by atoms with van der Waals surface area (Å²) >= 11 is 0. The van der Waals surface area contributed by atoms with Crippen molar-refractivity contribution >= 4 is 34.5 Å². The summed E-state index contributed by atoms with van der Waals surface area (Å²) in [6.07, 6.45) is 1.82. The molecule has 6 nitrogen and oxygen atoms in total. The Morgan fingerprint density at radius 2 is 1.00 bits per heavy atom. The van der Waals surface area contributed by atoms with E-state index in [-0.39, 0.29) is 0 Å². The molecule has 0 bridgehead atoms. The van der Waals surface area contributed by atoms with Gasteiger partial charge in [0.05, 0.1) is 16.9 Å². The third-order valence-electron chi connectivity index (χ3n) is 9.00. The summed E-state index contributed by atoms with van der Waals surface area (Å²) < 4.78 is 6.03. The second-order valence-electron chi connectivity index (χ2n) is 12.9. The molecular formula is C40H35BN4O2. The van der Waals surface area contributed by atoms with E-state index in [0.717, 1.165) is 44.2 Å². The lowest BCUT2D eigenvalue weighted by atomic mass is 9.82. The van der Waals surface area contributed by atoms with E-state index in [0.29, 0.717) is 25.0 Å². The Labute approximate surface area is 275 Å². The summed E-state index contributed by atoms with van der Waals surface area (Å²) in [7, 11) is 0.405. The van der Waals surface area contributed by atoms with Crippen molar-refractivity contribution in [2.75, 3.05) is 0 Å². The van der Waals surface area contributed by atoms with Crippen LogP contribution in [-0.4, -0.2) is 43.7 Å². The van der Waals surface area contributed by atoms with Crippen molar-refractivity contribution < 1.29 is 9.76 Å². The van der Waals surface area contributed by atoms with Crippen LogP contribution in [0.2, 0.25) is 0 Å². The minimum atomic E-state index is -0.955. The molecule has 2 heterocycles. The molecule has 0 radical (unpaired) electrons. The number of rotatable bonds is 8. The van der Waals surface area contributed by atoms with E-state index in [2.05, 4.69) is 60.7 Å². The van der Waals surface area contributed by atoms with Crippen LogP contribution in [-0.2, 0) is 4.65 Å². The van der Waals surface area contributed by atoms with Gasteiger partial charge in [0.2, 0.25) is 0 Å². The van der Waals surface area contributed by atoms with Gasteiger partial charge in [-0.1, -0.05) is 103 Å². The zero-order valence-corrected chi connectivity index (χ0v) is 27.0. The maximum atomic E-state index is 10.4. The maximum absolute atomic E-state index is 10.4. The average Bonchev–Trinajstić information content (AvgIpc) is 3.10. The van der Waals surface area contributed by atoms with Gasteiger partial charge in [0, 0.05) is 28.5 Å². The van der Waals surface area contributed by atoms with Crippen LogP contribution in [0.15, 0.2) is 128 Å². The predicted molar refractivity (Wildman–Crippen MR) is 193 cm³/mol. The van der Waals surface area contributed by atoms with Gasteiger partial charge in [-0.3, -0.25) is 4.98 Å². The van der Waals surface area contributed by atoms with Crippen molar-refractivity contribution in [1.29, 1.82) is 0 Å². The monoisotopic (exact) mass is 614 g/mol. The highest BCUT2D eigenvalue weighted by molar-refractivity contribution is 6.47. The minimum absolute atomic E-state index is 0.405. The molecule has 1 N–H and O–H groups in total. The summed E-state index contributed by atoms with van der Waals surface area (Å²) in [6.45, 7) is 7.32. The molecule has 0 spiro atoms. The second kappa shape index (κ2) is 12.2. The molecule has 0 aliphatic carbocycles. The minimum Gasteiger partial charge on any atom is -0.427 e. The first-order valence-electron chi connectivity index (χ1n) is 15.8. The molecule has 0 aliphatic rings. The molecule has 0 saturated heterocycles. The Morgan fingerprint density at radius 3 is 1.49 bits per heavy atom. The van der Waals surface area contributed by atoms with Crippen LogP contribution >= 0.6 is 0 Å². The van der Waals surface area contributed by atoms with Crippen LogP contribution in [0.1, 0.15) is 27.7 Å². The van der Waals surface area contributed by atoms with Crippen LogP contribution in [0.3, 0.4) is 0 Å². The Bertz CT molecular complexity index is 2110. The molecule has 2 aromatic heterocycles. The van der Waals surface area contributed by atoms with E-state index in [1.165, 1.54) is 10.8 Å². The zero-order valence-electron chi connectivity index (χ0n) is 27.0. The van der Waals surface area contributed by atoms with Crippen molar-refractivity contribution in [2.24, 2.45) is 0 Å². The molecule has 230 valence electrons. The topological polar surface area (TPSA) is 81.0 Å². The Hall–Kier alpha value is -5.24. The Kier molecular flexibility index (Phi) is 7.88. The van der Waals surface area contributed by atoms with E-state index in [9.17, 15) is 5.11 Å². The summed E-state index contributed by atoms with van der Waals surface area (Å²) in [6, 6.07) is 41.3. The first-order chi connectivity index (χ1) is 22.6. The molecule has 5 aromatic carbocycles. The van der Waals surface area contributed by atoms with Crippen LogP contribution < -0.4 is 5.46 Å². The fourth-order valence-electron chi connectivity index (χ4n) is 5.33. The van der Waals surface area contributed by atoms with Crippen molar-refractivity contribution in [3.05, 3.63) is 128 Å². The fourth-order valence-corrected chi connectivity index (χ4v) is 5.33. The predicted octanol–water partition coefficient (Wildman–Crippen LogP) is 7.78. The van der Waals surface area contributed by atoms with Crippen LogP contribution in [0.4, 0.5) is 0 Å². The lowest BCUT2D eigenvalue weighted by Crippen LogP contribution is -2.49. The SMILES string of the molecule is CC(C)(O)C(C)(C)OBc1ccc(-c2ccc(-c3nc(-c4ccc5ccccc5c4)nc(-c4ccc5ccccc5c4)n3)cn2)cc1. The van der Waals surface area contributed by atoms with E-state index in [4.69, 9.17) is 24.6 Å². The second-order valence-corrected chi connectivity index (χ2v) is 12.9. The first-order valence-corrected chi connectivity index (χ1v) is 15.8. The number of nitrogens with zero attached hydrogens (tertiary/aromatic N) is 4. The van der Waals surface area contributed by atoms with Gasteiger partial charge in [0.1, 0.15) is 0 Å².